The number of carboxylic acids is 1. The molecule has 8 nitrogen and oxygen atoms in total. The number of sulfonamides is 1. The Balaban J connectivity index is 2.25. The standard InChI is InChI=1S/C12H16N2O6S/c1-7-5-14(6-9(7)11(15)16)21(18,19)8-3-10(13-4-8)12(17)20-2/h3-4,7,9,13H,5-6H2,1-2H3,(H,15,16)/t7-,9-/m1/s1. The molecular formula is C12H16N2O6S. The van der Waals surface area contributed by atoms with Crippen LogP contribution in [-0.4, -0.2) is 55.0 Å². The molecule has 1 aliphatic rings. The van der Waals surface area contributed by atoms with E-state index >= 15 is 0 Å². The average Bonchev–Trinajstić information content (AvgIpc) is 3.04. The van der Waals surface area contributed by atoms with Crippen LogP contribution in [0.3, 0.4) is 0 Å². The molecule has 0 spiro atoms. The summed E-state index contributed by atoms with van der Waals surface area (Å²) in [5, 5.41) is 9.06. The van der Waals surface area contributed by atoms with Crippen LogP contribution in [0.5, 0.6) is 0 Å². The molecule has 0 amide bonds. The maximum Gasteiger partial charge on any atom is 0.354 e. The number of nitrogens with one attached hydrogen (secondary N) is 1. The molecule has 1 fully saturated rings. The predicted octanol–water partition coefficient (Wildman–Crippen LogP) is 0.143. The van der Waals surface area contributed by atoms with Gasteiger partial charge in [-0.3, -0.25) is 4.79 Å². The van der Waals surface area contributed by atoms with Gasteiger partial charge in [0.25, 0.3) is 0 Å². The lowest BCUT2D eigenvalue weighted by molar-refractivity contribution is -0.142. The van der Waals surface area contributed by atoms with Crippen LogP contribution in [-0.2, 0) is 19.6 Å². The van der Waals surface area contributed by atoms with E-state index in [1.807, 2.05) is 0 Å². The quantitative estimate of drug-likeness (QED) is 0.763. The van der Waals surface area contributed by atoms with E-state index in [1.54, 1.807) is 6.92 Å². The van der Waals surface area contributed by atoms with Crippen LogP contribution in [0.4, 0.5) is 0 Å². The van der Waals surface area contributed by atoms with Crippen molar-refractivity contribution in [3.63, 3.8) is 0 Å². The molecule has 2 rings (SSSR count). The summed E-state index contributed by atoms with van der Waals surface area (Å²) in [6.45, 7) is 1.76. The lowest BCUT2D eigenvalue weighted by Gasteiger charge is -2.14. The molecule has 116 valence electrons. The van der Waals surface area contributed by atoms with Gasteiger partial charge in [0.1, 0.15) is 10.6 Å². The summed E-state index contributed by atoms with van der Waals surface area (Å²) in [7, 11) is -2.64. The first-order valence-corrected chi connectivity index (χ1v) is 7.71. The number of carboxylic acid groups (broad SMARTS) is 1. The molecule has 0 aromatic carbocycles. The smallest absolute Gasteiger partial charge is 0.354 e. The zero-order valence-electron chi connectivity index (χ0n) is 11.6. The van der Waals surface area contributed by atoms with E-state index in [0.29, 0.717) is 0 Å². The van der Waals surface area contributed by atoms with Crippen molar-refractivity contribution in [3.8, 4) is 0 Å². The molecule has 0 radical (unpaired) electrons. The first-order chi connectivity index (χ1) is 9.77. The predicted molar refractivity (Wildman–Crippen MR) is 71.2 cm³/mol. The van der Waals surface area contributed by atoms with Crippen molar-refractivity contribution >= 4 is 22.0 Å². The summed E-state index contributed by atoms with van der Waals surface area (Å²) >= 11 is 0. The van der Waals surface area contributed by atoms with E-state index in [2.05, 4.69) is 9.72 Å². The molecular weight excluding hydrogens is 300 g/mol. The Morgan fingerprint density at radius 1 is 1.43 bits per heavy atom. The molecule has 1 saturated heterocycles. The number of H-pyrrole nitrogens is 1. The van der Waals surface area contributed by atoms with E-state index in [9.17, 15) is 18.0 Å². The maximum atomic E-state index is 12.4. The van der Waals surface area contributed by atoms with E-state index in [4.69, 9.17) is 5.11 Å². The van der Waals surface area contributed by atoms with Gasteiger partial charge >= 0.3 is 11.9 Å². The number of hydrogen-bond acceptors (Lipinski definition) is 5. The minimum Gasteiger partial charge on any atom is -0.481 e. The highest BCUT2D eigenvalue weighted by atomic mass is 32.2. The van der Waals surface area contributed by atoms with Crippen molar-refractivity contribution in [2.75, 3.05) is 20.2 Å². The highest BCUT2D eigenvalue weighted by molar-refractivity contribution is 7.89. The van der Waals surface area contributed by atoms with Crippen molar-refractivity contribution in [1.82, 2.24) is 9.29 Å². The number of esters is 1. The zero-order valence-corrected chi connectivity index (χ0v) is 12.4. The molecule has 1 aromatic heterocycles. The van der Waals surface area contributed by atoms with Gasteiger partial charge in [-0.1, -0.05) is 6.92 Å². The normalized spacial score (nSPS) is 23.1. The fraction of sp³-hybridized carbons (Fsp3) is 0.500. The number of aromatic amines is 1. The number of carbonyl (C=O) groups excluding carboxylic acids is 1. The molecule has 0 aliphatic carbocycles. The Morgan fingerprint density at radius 2 is 2.10 bits per heavy atom. The summed E-state index contributed by atoms with van der Waals surface area (Å²) in [5.41, 5.74) is 0.0260. The number of aromatic nitrogens is 1. The molecule has 21 heavy (non-hydrogen) atoms. The number of rotatable bonds is 4. The minimum absolute atomic E-state index is 0.0260. The van der Waals surface area contributed by atoms with Gasteiger partial charge in [0.05, 0.1) is 13.0 Å². The molecule has 2 heterocycles. The lowest BCUT2D eigenvalue weighted by Crippen LogP contribution is -2.29. The molecule has 2 N–H and O–H groups in total. The number of ether oxygens (including phenoxy) is 1. The fourth-order valence-corrected chi connectivity index (χ4v) is 3.90. The maximum absolute atomic E-state index is 12.4. The van der Waals surface area contributed by atoms with Gasteiger partial charge in [-0.05, 0) is 12.0 Å². The Bertz CT molecular complexity index is 665. The number of aliphatic carboxylic acids is 1. The Kier molecular flexibility index (Phi) is 4.06. The molecule has 0 saturated carbocycles. The Hall–Kier alpha value is -1.87. The van der Waals surface area contributed by atoms with Crippen LogP contribution in [0, 0.1) is 11.8 Å². The highest BCUT2D eigenvalue weighted by Gasteiger charge is 2.41. The summed E-state index contributed by atoms with van der Waals surface area (Å²) in [6, 6.07) is 1.18. The fourth-order valence-electron chi connectivity index (χ4n) is 2.34. The van der Waals surface area contributed by atoms with E-state index in [0.717, 1.165) is 4.31 Å². The van der Waals surface area contributed by atoms with Gasteiger partial charge in [0.15, 0.2) is 0 Å². The van der Waals surface area contributed by atoms with Crippen LogP contribution in [0.15, 0.2) is 17.2 Å². The topological polar surface area (TPSA) is 117 Å². The number of hydrogen-bond donors (Lipinski definition) is 2. The SMILES string of the molecule is COC(=O)c1cc(S(=O)(=O)N2C[C@@H](C)[C@H](C(=O)O)C2)c[nH]1. The van der Waals surface area contributed by atoms with Crippen LogP contribution in [0.1, 0.15) is 17.4 Å². The number of methoxy groups -OCH3 is 1. The summed E-state index contributed by atoms with van der Waals surface area (Å²) < 4.78 is 30.5. The summed E-state index contributed by atoms with van der Waals surface area (Å²) in [4.78, 5) is 24.8. The highest BCUT2D eigenvalue weighted by Crippen LogP contribution is 2.28. The Morgan fingerprint density at radius 3 is 2.62 bits per heavy atom. The van der Waals surface area contributed by atoms with Crippen LogP contribution in [0.25, 0.3) is 0 Å². The zero-order chi connectivity index (χ0) is 15.8. The van der Waals surface area contributed by atoms with Gasteiger partial charge in [0, 0.05) is 19.3 Å². The van der Waals surface area contributed by atoms with Crippen molar-refractivity contribution < 1.29 is 27.9 Å². The summed E-state index contributed by atoms with van der Waals surface area (Å²) in [5.74, 6) is -2.67. The van der Waals surface area contributed by atoms with Gasteiger partial charge in [0.2, 0.25) is 10.0 Å². The van der Waals surface area contributed by atoms with Crippen molar-refractivity contribution in [3.05, 3.63) is 18.0 Å². The van der Waals surface area contributed by atoms with Crippen LogP contribution in [0.2, 0.25) is 0 Å². The van der Waals surface area contributed by atoms with Crippen LogP contribution >= 0.6 is 0 Å². The lowest BCUT2D eigenvalue weighted by atomic mass is 9.99. The first kappa shape index (κ1) is 15.5. The van der Waals surface area contributed by atoms with Gasteiger partial charge in [-0.2, -0.15) is 4.31 Å². The number of nitrogens with zero attached hydrogens (tertiary/aromatic N) is 1. The first-order valence-electron chi connectivity index (χ1n) is 6.27. The second kappa shape index (κ2) is 5.49. The second-order valence-electron chi connectivity index (χ2n) is 4.98. The minimum atomic E-state index is -3.83. The monoisotopic (exact) mass is 316 g/mol. The van der Waals surface area contributed by atoms with Crippen molar-refractivity contribution in [1.29, 1.82) is 0 Å². The van der Waals surface area contributed by atoms with Crippen molar-refractivity contribution in [2.24, 2.45) is 11.8 Å². The average molecular weight is 316 g/mol. The van der Waals surface area contributed by atoms with Crippen molar-refractivity contribution in [2.45, 2.75) is 11.8 Å². The molecule has 1 aromatic rings. The van der Waals surface area contributed by atoms with Gasteiger partial charge < -0.3 is 14.8 Å². The molecule has 0 bridgehead atoms. The molecule has 2 atom stereocenters. The molecule has 1 aliphatic heterocycles. The van der Waals surface area contributed by atoms with Gasteiger partial charge in [-0.15, -0.1) is 0 Å². The Labute approximate surface area is 121 Å². The van der Waals surface area contributed by atoms with Crippen LogP contribution < -0.4 is 0 Å². The largest absolute Gasteiger partial charge is 0.481 e. The molecule has 9 heteroatoms. The third-order valence-electron chi connectivity index (χ3n) is 3.60. The number of carbonyl (C=O) groups is 2. The van der Waals surface area contributed by atoms with E-state index < -0.39 is 27.9 Å². The summed E-state index contributed by atoms with van der Waals surface area (Å²) in [6.07, 6.45) is 1.19. The third kappa shape index (κ3) is 2.79. The molecule has 0 unspecified atom stereocenters. The van der Waals surface area contributed by atoms with E-state index in [1.165, 1.54) is 19.4 Å². The second-order valence-corrected chi connectivity index (χ2v) is 6.92. The van der Waals surface area contributed by atoms with Gasteiger partial charge in [-0.25, -0.2) is 13.2 Å². The third-order valence-corrected chi connectivity index (χ3v) is 5.41. The van der Waals surface area contributed by atoms with E-state index in [-0.39, 0.29) is 29.6 Å².